The largest absolute Gasteiger partial charge is 0.0596 e. The minimum absolute atomic E-state index is 0.192. The van der Waals surface area contributed by atoms with Crippen molar-refractivity contribution in [2.24, 2.45) is 43.3 Å². The van der Waals surface area contributed by atoms with E-state index in [9.17, 15) is 0 Å². The maximum Gasteiger partial charge on any atom is -0.0156 e. The summed E-state index contributed by atoms with van der Waals surface area (Å²) in [7, 11) is 0. The lowest BCUT2D eigenvalue weighted by molar-refractivity contribution is -0.363. The Kier molecular flexibility index (Phi) is 4.44. The average molecular weight is 337 g/mol. The quantitative estimate of drug-likeness (QED) is 0.487. The highest BCUT2D eigenvalue weighted by Gasteiger charge is 2.79. The molecule has 0 unspecified atom stereocenters. The van der Waals surface area contributed by atoms with Gasteiger partial charge >= 0.3 is 0 Å². The Balaban J connectivity index is 3.66. The molecule has 0 heterocycles. The molecule has 1 aliphatic rings. The molecule has 0 amide bonds. The van der Waals surface area contributed by atoms with Crippen LogP contribution in [0.2, 0.25) is 0 Å². The van der Waals surface area contributed by atoms with E-state index in [1.165, 1.54) is 0 Å². The van der Waals surface area contributed by atoms with Crippen LogP contribution in [0.1, 0.15) is 111 Å². The molecule has 1 rings (SSSR count). The van der Waals surface area contributed by atoms with Crippen LogP contribution in [0, 0.1) is 43.3 Å². The normalized spacial score (nSPS) is 26.0. The zero-order valence-electron chi connectivity index (χ0n) is 20.0. The van der Waals surface area contributed by atoms with Crippen LogP contribution >= 0.6 is 0 Å². The summed E-state index contributed by atoms with van der Waals surface area (Å²) in [5.41, 5.74) is 2.03. The van der Waals surface area contributed by atoms with Gasteiger partial charge in [-0.25, -0.2) is 0 Å². The van der Waals surface area contributed by atoms with Crippen molar-refractivity contribution >= 4 is 0 Å². The third-order valence-electron chi connectivity index (χ3n) is 11.9. The van der Waals surface area contributed by atoms with E-state index in [4.69, 9.17) is 0 Å². The Morgan fingerprint density at radius 2 is 0.708 bits per heavy atom. The summed E-state index contributed by atoms with van der Waals surface area (Å²) in [6.07, 6.45) is 0. The maximum absolute atomic E-state index is 2.58. The summed E-state index contributed by atoms with van der Waals surface area (Å²) in [6.45, 7) is 40.0. The average Bonchev–Trinajstić information content (AvgIpc) is 2.34. The first kappa shape index (κ1) is 22.0. The van der Waals surface area contributed by atoms with Crippen molar-refractivity contribution in [2.75, 3.05) is 0 Å². The molecule has 0 aromatic carbocycles. The summed E-state index contributed by atoms with van der Waals surface area (Å²) in [5.74, 6) is 0. The zero-order chi connectivity index (χ0) is 20.0. The highest BCUT2D eigenvalue weighted by Crippen LogP contribution is 2.85. The Hall–Kier alpha value is 0. The van der Waals surface area contributed by atoms with Crippen LogP contribution in [0.15, 0.2) is 0 Å². The lowest BCUT2D eigenvalue weighted by atomic mass is 9.20. The first-order chi connectivity index (χ1) is 10.0. The third-order valence-corrected chi connectivity index (χ3v) is 11.9. The molecule has 0 atom stereocenters. The monoisotopic (exact) mass is 336 g/mol. The molecule has 1 aliphatic carbocycles. The highest BCUT2D eigenvalue weighted by molar-refractivity contribution is 5.27. The lowest BCUT2D eigenvalue weighted by Gasteiger charge is -2.84. The van der Waals surface area contributed by atoms with E-state index in [0.717, 1.165) is 0 Å². The van der Waals surface area contributed by atoms with E-state index in [1.807, 2.05) is 0 Å². The van der Waals surface area contributed by atoms with Gasteiger partial charge in [0, 0.05) is 0 Å². The van der Waals surface area contributed by atoms with Crippen molar-refractivity contribution in [2.45, 2.75) is 111 Å². The van der Waals surface area contributed by atoms with Crippen molar-refractivity contribution in [1.29, 1.82) is 0 Å². The van der Waals surface area contributed by atoms with Crippen LogP contribution in [0.25, 0.3) is 0 Å². The molecule has 1 fully saturated rings. The molecule has 0 spiro atoms. The van der Waals surface area contributed by atoms with Gasteiger partial charge in [-0.2, -0.15) is 0 Å². The van der Waals surface area contributed by atoms with E-state index >= 15 is 0 Å². The van der Waals surface area contributed by atoms with Crippen LogP contribution in [-0.2, 0) is 0 Å². The second-order valence-corrected chi connectivity index (χ2v) is 13.1. The molecule has 144 valence electrons. The Morgan fingerprint density at radius 1 is 0.417 bits per heavy atom. The van der Waals surface area contributed by atoms with Gasteiger partial charge in [-0.3, -0.25) is 0 Å². The molecule has 0 saturated heterocycles. The predicted molar refractivity (Wildman–Crippen MR) is 110 cm³/mol. The van der Waals surface area contributed by atoms with Crippen molar-refractivity contribution in [3.05, 3.63) is 0 Å². The van der Waals surface area contributed by atoms with Gasteiger partial charge in [0.2, 0.25) is 0 Å². The highest BCUT2D eigenvalue weighted by atomic mass is 14.8. The number of hydrogen-bond donors (Lipinski definition) is 0. The van der Waals surface area contributed by atoms with Gasteiger partial charge in [0.05, 0.1) is 0 Å². The Morgan fingerprint density at radius 3 is 0.958 bits per heavy atom. The fourth-order valence-electron chi connectivity index (χ4n) is 6.66. The van der Waals surface area contributed by atoms with Crippen molar-refractivity contribution in [1.82, 2.24) is 0 Å². The van der Waals surface area contributed by atoms with E-state index < -0.39 is 0 Å². The second-order valence-electron chi connectivity index (χ2n) is 13.1. The standard InChI is InChI=1S/C24H48/c1-17(2,3)18(4,5)19(6,7)21(10,11)24(16)22(12,13)20(8,9)23(24,14)15/h1-16H3. The number of hydrogen-bond acceptors (Lipinski definition) is 0. The molecule has 0 radical (unpaired) electrons. The minimum atomic E-state index is 0.192. The summed E-state index contributed by atoms with van der Waals surface area (Å²) >= 11 is 0. The molecule has 24 heavy (non-hydrogen) atoms. The molecular formula is C24H48. The van der Waals surface area contributed by atoms with E-state index in [-0.39, 0.29) is 37.9 Å². The van der Waals surface area contributed by atoms with Crippen molar-refractivity contribution in [3.8, 4) is 0 Å². The summed E-state index contributed by atoms with van der Waals surface area (Å²) in [5, 5.41) is 0. The zero-order valence-corrected chi connectivity index (χ0v) is 20.0. The maximum atomic E-state index is 2.58. The summed E-state index contributed by atoms with van der Waals surface area (Å²) < 4.78 is 0. The first-order valence-corrected chi connectivity index (χ1v) is 10.0. The van der Waals surface area contributed by atoms with Gasteiger partial charge in [0.1, 0.15) is 0 Å². The smallest absolute Gasteiger partial charge is 0.0156 e. The number of rotatable bonds is 3. The molecule has 0 aromatic heterocycles. The van der Waals surface area contributed by atoms with Gasteiger partial charge in [0.15, 0.2) is 0 Å². The van der Waals surface area contributed by atoms with Gasteiger partial charge in [0.25, 0.3) is 0 Å². The van der Waals surface area contributed by atoms with E-state index in [2.05, 4.69) is 111 Å². The Labute approximate surface area is 154 Å². The van der Waals surface area contributed by atoms with Crippen LogP contribution in [0.5, 0.6) is 0 Å². The Bertz CT molecular complexity index is 483. The van der Waals surface area contributed by atoms with Crippen LogP contribution in [0.4, 0.5) is 0 Å². The lowest BCUT2D eigenvalue weighted by Crippen LogP contribution is -2.78. The molecule has 1 saturated carbocycles. The van der Waals surface area contributed by atoms with Crippen LogP contribution in [-0.4, -0.2) is 0 Å². The minimum Gasteiger partial charge on any atom is -0.0596 e. The molecule has 0 heteroatoms. The van der Waals surface area contributed by atoms with E-state index in [0.29, 0.717) is 5.41 Å². The summed E-state index contributed by atoms with van der Waals surface area (Å²) in [6, 6.07) is 0. The molecule has 0 nitrogen and oxygen atoms in total. The molecule has 0 N–H and O–H groups in total. The molecular weight excluding hydrogens is 288 g/mol. The van der Waals surface area contributed by atoms with Gasteiger partial charge < -0.3 is 0 Å². The summed E-state index contributed by atoms with van der Waals surface area (Å²) in [4.78, 5) is 0. The van der Waals surface area contributed by atoms with Crippen molar-refractivity contribution < 1.29 is 0 Å². The van der Waals surface area contributed by atoms with Crippen LogP contribution in [0.3, 0.4) is 0 Å². The molecule has 0 bridgehead atoms. The van der Waals surface area contributed by atoms with Crippen molar-refractivity contribution in [3.63, 3.8) is 0 Å². The van der Waals surface area contributed by atoms with Gasteiger partial charge in [-0.05, 0) is 43.3 Å². The van der Waals surface area contributed by atoms with Crippen LogP contribution < -0.4 is 0 Å². The van der Waals surface area contributed by atoms with Gasteiger partial charge in [-0.15, -0.1) is 0 Å². The second kappa shape index (κ2) is 4.83. The first-order valence-electron chi connectivity index (χ1n) is 10.0. The fraction of sp³-hybridized carbons (Fsp3) is 1.00. The van der Waals surface area contributed by atoms with Gasteiger partial charge in [-0.1, -0.05) is 111 Å². The molecule has 0 aromatic rings. The SMILES string of the molecule is CC(C)(C)C(C)(C)C(C)(C)C(C)(C)C1(C)C(C)(C)C(C)(C)C1(C)C. The third kappa shape index (κ3) is 1.87. The molecule has 0 aliphatic heterocycles. The predicted octanol–water partition coefficient (Wildman–Crippen LogP) is 8.21. The van der Waals surface area contributed by atoms with E-state index in [1.54, 1.807) is 0 Å². The fourth-order valence-corrected chi connectivity index (χ4v) is 6.66. The topological polar surface area (TPSA) is 0 Å².